The third-order valence-electron chi connectivity index (χ3n) is 6.60. The smallest absolute Gasteiger partial charge is 0.142 e. The molecule has 6 heteroatoms. The molecule has 6 nitrogen and oxygen atoms in total. The minimum atomic E-state index is 0.0336. The summed E-state index contributed by atoms with van der Waals surface area (Å²) in [7, 11) is 1.73. The van der Waals surface area contributed by atoms with Crippen molar-refractivity contribution in [1.29, 1.82) is 0 Å². The number of fused-ring (bicyclic) bond motifs is 1. The van der Waals surface area contributed by atoms with Gasteiger partial charge in [0.15, 0.2) is 0 Å². The van der Waals surface area contributed by atoms with Crippen LogP contribution in [-0.4, -0.2) is 64.1 Å². The van der Waals surface area contributed by atoms with Crippen LogP contribution in [0.5, 0.6) is 17.2 Å². The summed E-state index contributed by atoms with van der Waals surface area (Å²) in [6.45, 7) is 5.25. The van der Waals surface area contributed by atoms with Crippen LogP contribution in [0.1, 0.15) is 11.6 Å². The summed E-state index contributed by atoms with van der Waals surface area (Å²) in [6, 6.07) is 26.8. The van der Waals surface area contributed by atoms with Gasteiger partial charge in [0.05, 0.1) is 38.1 Å². The first-order chi connectivity index (χ1) is 16.8. The van der Waals surface area contributed by atoms with Crippen molar-refractivity contribution in [2.45, 2.75) is 12.1 Å². The van der Waals surface area contributed by atoms with Gasteiger partial charge in [0.1, 0.15) is 30.5 Å². The Morgan fingerprint density at radius 2 is 1.65 bits per heavy atom. The van der Waals surface area contributed by atoms with E-state index in [0.717, 1.165) is 61.3 Å². The van der Waals surface area contributed by atoms with Crippen LogP contribution in [0.2, 0.25) is 0 Å². The van der Waals surface area contributed by atoms with E-state index < -0.39 is 0 Å². The summed E-state index contributed by atoms with van der Waals surface area (Å²) in [6.07, 6.45) is 0. The lowest BCUT2D eigenvalue weighted by atomic mass is 10.0. The van der Waals surface area contributed by atoms with Crippen molar-refractivity contribution >= 4 is 5.69 Å². The standard InChI is InChI=1S/C28H32N2O4/c1-31-27-13-7-5-11-24(27)26-21-34-28-14-8-6-12-25(28)30(26)19-22(29-15-17-32-18-16-29)20-33-23-9-3-2-4-10-23/h2-14,22,26H,15-21H2,1H3. The number of morpholine rings is 1. The van der Waals surface area contributed by atoms with Gasteiger partial charge in [-0.2, -0.15) is 0 Å². The molecule has 2 aliphatic heterocycles. The molecule has 2 unspecified atom stereocenters. The highest BCUT2D eigenvalue weighted by molar-refractivity contribution is 5.62. The Labute approximate surface area is 201 Å². The first-order valence-electron chi connectivity index (χ1n) is 11.9. The van der Waals surface area contributed by atoms with E-state index in [1.165, 1.54) is 0 Å². The van der Waals surface area contributed by atoms with E-state index in [0.29, 0.717) is 13.2 Å². The molecule has 34 heavy (non-hydrogen) atoms. The van der Waals surface area contributed by atoms with Gasteiger partial charge in [-0.05, 0) is 30.3 Å². The second kappa shape index (κ2) is 10.8. The van der Waals surface area contributed by atoms with Crippen LogP contribution < -0.4 is 19.1 Å². The fraction of sp³-hybridized carbons (Fsp3) is 0.357. The van der Waals surface area contributed by atoms with Crippen molar-refractivity contribution in [3.05, 3.63) is 84.4 Å². The van der Waals surface area contributed by atoms with Crippen molar-refractivity contribution in [2.75, 3.05) is 58.1 Å². The molecule has 0 aromatic heterocycles. The first kappa shape index (κ1) is 22.6. The minimum absolute atomic E-state index is 0.0336. The van der Waals surface area contributed by atoms with E-state index in [2.05, 4.69) is 34.1 Å². The Kier molecular flexibility index (Phi) is 7.17. The van der Waals surface area contributed by atoms with Gasteiger partial charge in [0.2, 0.25) is 0 Å². The second-order valence-corrected chi connectivity index (χ2v) is 8.62. The minimum Gasteiger partial charge on any atom is -0.496 e. The van der Waals surface area contributed by atoms with Crippen LogP contribution in [0.3, 0.4) is 0 Å². The maximum absolute atomic E-state index is 6.27. The molecule has 3 aromatic carbocycles. The van der Waals surface area contributed by atoms with Crippen LogP contribution in [0, 0.1) is 0 Å². The van der Waals surface area contributed by atoms with E-state index in [1.54, 1.807) is 7.11 Å². The van der Waals surface area contributed by atoms with Gasteiger partial charge < -0.3 is 23.8 Å². The molecule has 0 bridgehead atoms. The second-order valence-electron chi connectivity index (χ2n) is 8.62. The van der Waals surface area contributed by atoms with E-state index >= 15 is 0 Å². The van der Waals surface area contributed by atoms with Crippen LogP contribution in [0.4, 0.5) is 5.69 Å². The Morgan fingerprint density at radius 1 is 0.912 bits per heavy atom. The van der Waals surface area contributed by atoms with E-state index in [1.807, 2.05) is 54.6 Å². The summed E-state index contributed by atoms with van der Waals surface area (Å²) < 4.78 is 23.9. The number of anilines is 1. The fourth-order valence-corrected chi connectivity index (χ4v) is 4.82. The van der Waals surface area contributed by atoms with Gasteiger partial charge >= 0.3 is 0 Å². The zero-order valence-electron chi connectivity index (χ0n) is 19.6. The Morgan fingerprint density at radius 3 is 2.47 bits per heavy atom. The molecular formula is C28H32N2O4. The molecule has 2 atom stereocenters. The zero-order valence-corrected chi connectivity index (χ0v) is 19.6. The van der Waals surface area contributed by atoms with E-state index in [-0.39, 0.29) is 12.1 Å². The molecule has 3 aromatic rings. The van der Waals surface area contributed by atoms with E-state index in [4.69, 9.17) is 18.9 Å². The number of hydrogen-bond donors (Lipinski definition) is 0. The summed E-state index contributed by atoms with van der Waals surface area (Å²) in [4.78, 5) is 4.95. The molecule has 2 aliphatic rings. The van der Waals surface area contributed by atoms with Crippen LogP contribution in [0.15, 0.2) is 78.9 Å². The molecule has 1 saturated heterocycles. The quantitative estimate of drug-likeness (QED) is 0.496. The maximum atomic E-state index is 6.27. The lowest BCUT2D eigenvalue weighted by Gasteiger charge is -2.43. The molecule has 0 N–H and O–H groups in total. The Hall–Kier alpha value is -3.22. The summed E-state index contributed by atoms with van der Waals surface area (Å²) in [5.74, 6) is 2.69. The SMILES string of the molecule is COc1ccccc1C1COc2ccccc2N1CC(COc1ccccc1)N1CCOCC1. The predicted molar refractivity (Wildman–Crippen MR) is 133 cm³/mol. The molecule has 0 saturated carbocycles. The molecule has 0 spiro atoms. The van der Waals surface area contributed by atoms with Gasteiger partial charge in [0.25, 0.3) is 0 Å². The lowest BCUT2D eigenvalue weighted by Crippen LogP contribution is -2.53. The molecule has 178 valence electrons. The van der Waals surface area contributed by atoms with Crippen molar-refractivity contribution < 1.29 is 18.9 Å². The van der Waals surface area contributed by atoms with Gasteiger partial charge in [-0.1, -0.05) is 48.5 Å². The van der Waals surface area contributed by atoms with Crippen LogP contribution >= 0.6 is 0 Å². The third kappa shape index (κ3) is 4.98. The zero-order chi connectivity index (χ0) is 23.2. The van der Waals surface area contributed by atoms with Gasteiger partial charge in [-0.15, -0.1) is 0 Å². The molecule has 0 radical (unpaired) electrons. The number of rotatable bonds is 8. The van der Waals surface area contributed by atoms with Crippen molar-refractivity contribution in [2.24, 2.45) is 0 Å². The molecule has 2 heterocycles. The summed E-state index contributed by atoms with van der Waals surface area (Å²) >= 11 is 0. The highest BCUT2D eigenvalue weighted by atomic mass is 16.5. The number of hydrogen-bond acceptors (Lipinski definition) is 6. The number of nitrogens with zero attached hydrogens (tertiary/aromatic N) is 2. The van der Waals surface area contributed by atoms with Crippen molar-refractivity contribution in [3.8, 4) is 17.2 Å². The van der Waals surface area contributed by atoms with Gasteiger partial charge in [0, 0.05) is 25.2 Å². The highest BCUT2D eigenvalue weighted by Gasteiger charge is 2.34. The molecule has 0 aliphatic carbocycles. The predicted octanol–water partition coefficient (Wildman–Crippen LogP) is 4.42. The summed E-state index contributed by atoms with van der Waals surface area (Å²) in [5.41, 5.74) is 2.23. The van der Waals surface area contributed by atoms with Crippen LogP contribution in [-0.2, 0) is 4.74 Å². The van der Waals surface area contributed by atoms with Crippen molar-refractivity contribution in [3.63, 3.8) is 0 Å². The molecule has 1 fully saturated rings. The Bertz CT molecular complexity index is 1060. The number of para-hydroxylation sites is 4. The van der Waals surface area contributed by atoms with Crippen molar-refractivity contribution in [1.82, 2.24) is 4.90 Å². The largest absolute Gasteiger partial charge is 0.496 e. The Balaban J connectivity index is 1.46. The molecule has 0 amide bonds. The maximum Gasteiger partial charge on any atom is 0.142 e. The molecule has 5 rings (SSSR count). The third-order valence-corrected chi connectivity index (χ3v) is 6.60. The average molecular weight is 461 g/mol. The van der Waals surface area contributed by atoms with Crippen LogP contribution in [0.25, 0.3) is 0 Å². The molecular weight excluding hydrogens is 428 g/mol. The topological polar surface area (TPSA) is 43.4 Å². The average Bonchev–Trinajstić information content (AvgIpc) is 2.92. The van der Waals surface area contributed by atoms with E-state index in [9.17, 15) is 0 Å². The highest BCUT2D eigenvalue weighted by Crippen LogP contribution is 2.41. The number of benzene rings is 3. The monoisotopic (exact) mass is 460 g/mol. The number of ether oxygens (including phenoxy) is 4. The van der Waals surface area contributed by atoms with Gasteiger partial charge in [-0.3, -0.25) is 4.90 Å². The number of methoxy groups -OCH3 is 1. The fourth-order valence-electron chi connectivity index (χ4n) is 4.82. The van der Waals surface area contributed by atoms with Gasteiger partial charge in [-0.25, -0.2) is 0 Å². The first-order valence-corrected chi connectivity index (χ1v) is 11.9. The summed E-state index contributed by atoms with van der Waals surface area (Å²) in [5, 5.41) is 0. The lowest BCUT2D eigenvalue weighted by molar-refractivity contribution is 0.00694. The normalized spacial score (nSPS) is 19.1.